The number of fused-ring (bicyclic) bond motifs is 1. The van der Waals surface area contributed by atoms with Gasteiger partial charge in [0.15, 0.2) is 11.5 Å². The molecule has 11 heteroatoms. The fourth-order valence-electron chi connectivity index (χ4n) is 2.52. The minimum atomic E-state index is -4.58. The molecule has 0 fully saturated rings. The number of carbonyl (C=O) groups is 2. The Morgan fingerprint density at radius 1 is 1.10 bits per heavy atom. The van der Waals surface area contributed by atoms with Crippen molar-refractivity contribution in [3.63, 3.8) is 0 Å². The first kappa shape index (κ1) is 20.6. The molecular formula is C18H15ClF3N5O2. The van der Waals surface area contributed by atoms with Crippen LogP contribution in [-0.2, 0) is 17.5 Å². The van der Waals surface area contributed by atoms with Gasteiger partial charge in [-0.25, -0.2) is 0 Å². The lowest BCUT2D eigenvalue weighted by Crippen LogP contribution is -2.30. The number of hydrogen-bond acceptors (Lipinski definition) is 4. The van der Waals surface area contributed by atoms with Crippen LogP contribution in [0.5, 0.6) is 0 Å². The average Bonchev–Trinajstić information content (AvgIpc) is 3.10. The fraction of sp³-hybridized carbons (Fsp3) is 0.222. The zero-order valence-electron chi connectivity index (χ0n) is 14.8. The second-order valence-corrected chi connectivity index (χ2v) is 6.44. The van der Waals surface area contributed by atoms with Gasteiger partial charge in [-0.1, -0.05) is 29.8 Å². The summed E-state index contributed by atoms with van der Waals surface area (Å²) in [5, 5.41) is 12.5. The first-order valence-corrected chi connectivity index (χ1v) is 8.84. The number of alkyl halides is 3. The summed E-state index contributed by atoms with van der Waals surface area (Å²) in [5.74, 6) is -0.626. The highest BCUT2D eigenvalue weighted by atomic mass is 35.5. The lowest BCUT2D eigenvalue weighted by atomic mass is 10.2. The third-order valence-electron chi connectivity index (χ3n) is 3.98. The van der Waals surface area contributed by atoms with E-state index in [0.29, 0.717) is 5.56 Å². The predicted molar refractivity (Wildman–Crippen MR) is 98.2 cm³/mol. The molecule has 29 heavy (non-hydrogen) atoms. The molecule has 0 saturated heterocycles. The van der Waals surface area contributed by atoms with Crippen molar-refractivity contribution in [2.75, 3.05) is 6.54 Å². The molecule has 0 radical (unpaired) electrons. The van der Waals surface area contributed by atoms with E-state index in [2.05, 4.69) is 20.8 Å². The standard InChI is InChI=1S/C18H15ClF3N5O2/c19-13-8-12(18(20,21)22)10-27-14(25-26-16(13)27)9-24-15(28)6-7-23-17(29)11-4-2-1-3-5-11/h1-5,8,10H,6-7,9H2,(H,23,29)(H,24,28). The van der Waals surface area contributed by atoms with Crippen molar-refractivity contribution in [1.82, 2.24) is 25.2 Å². The zero-order valence-corrected chi connectivity index (χ0v) is 15.6. The first-order valence-electron chi connectivity index (χ1n) is 8.46. The van der Waals surface area contributed by atoms with E-state index >= 15 is 0 Å². The number of hydrogen-bond donors (Lipinski definition) is 2. The van der Waals surface area contributed by atoms with Crippen LogP contribution in [0.25, 0.3) is 5.65 Å². The molecule has 0 atom stereocenters. The number of rotatable bonds is 6. The normalized spacial score (nSPS) is 11.4. The Hall–Kier alpha value is -3.14. The van der Waals surface area contributed by atoms with E-state index < -0.39 is 17.6 Å². The van der Waals surface area contributed by atoms with E-state index in [1.807, 2.05) is 0 Å². The molecule has 0 unspecified atom stereocenters. The van der Waals surface area contributed by atoms with E-state index in [1.54, 1.807) is 30.3 Å². The molecule has 0 bridgehead atoms. The van der Waals surface area contributed by atoms with Gasteiger partial charge in [0.1, 0.15) is 0 Å². The number of aromatic nitrogens is 3. The highest BCUT2D eigenvalue weighted by Gasteiger charge is 2.32. The molecule has 1 aromatic carbocycles. The molecule has 0 aliphatic rings. The Kier molecular flexibility index (Phi) is 6.02. The summed E-state index contributed by atoms with van der Waals surface area (Å²) in [4.78, 5) is 23.9. The molecule has 2 amide bonds. The van der Waals surface area contributed by atoms with Gasteiger partial charge >= 0.3 is 6.18 Å². The quantitative estimate of drug-likeness (QED) is 0.635. The summed E-state index contributed by atoms with van der Waals surface area (Å²) in [6.45, 7) is -0.0472. The Bertz CT molecular complexity index is 1040. The van der Waals surface area contributed by atoms with Crippen molar-refractivity contribution in [3.8, 4) is 0 Å². The average molecular weight is 426 g/mol. The van der Waals surface area contributed by atoms with Crippen LogP contribution in [0, 0.1) is 0 Å². The van der Waals surface area contributed by atoms with Crippen LogP contribution in [-0.4, -0.2) is 33.0 Å². The van der Waals surface area contributed by atoms with Gasteiger partial charge in [-0.2, -0.15) is 13.2 Å². The second-order valence-electron chi connectivity index (χ2n) is 6.03. The Labute approximate surface area is 167 Å². The third-order valence-corrected chi connectivity index (χ3v) is 4.25. The number of nitrogens with zero attached hydrogens (tertiary/aromatic N) is 3. The lowest BCUT2D eigenvalue weighted by Gasteiger charge is -2.09. The predicted octanol–water partition coefficient (Wildman–Crippen LogP) is 2.84. The van der Waals surface area contributed by atoms with Gasteiger partial charge < -0.3 is 10.6 Å². The van der Waals surface area contributed by atoms with Gasteiger partial charge in [0.2, 0.25) is 5.91 Å². The van der Waals surface area contributed by atoms with Crippen LogP contribution in [0.1, 0.15) is 28.2 Å². The molecule has 152 valence electrons. The molecule has 2 N–H and O–H groups in total. The Morgan fingerprint density at radius 3 is 2.52 bits per heavy atom. The monoisotopic (exact) mass is 425 g/mol. The minimum absolute atomic E-state index is 0.0101. The van der Waals surface area contributed by atoms with Gasteiger partial charge in [-0.15, -0.1) is 10.2 Å². The van der Waals surface area contributed by atoms with E-state index in [0.717, 1.165) is 16.7 Å². The van der Waals surface area contributed by atoms with Crippen molar-refractivity contribution in [2.45, 2.75) is 19.1 Å². The van der Waals surface area contributed by atoms with Crippen molar-refractivity contribution >= 4 is 29.1 Å². The maximum Gasteiger partial charge on any atom is 0.417 e. The first-order chi connectivity index (χ1) is 13.8. The van der Waals surface area contributed by atoms with Crippen LogP contribution < -0.4 is 10.6 Å². The molecule has 0 aliphatic heterocycles. The van der Waals surface area contributed by atoms with Crippen LogP contribution in [0.15, 0.2) is 42.6 Å². The maximum atomic E-state index is 13.0. The summed E-state index contributed by atoms with van der Waals surface area (Å²) >= 11 is 5.84. The number of carbonyl (C=O) groups excluding carboxylic acids is 2. The van der Waals surface area contributed by atoms with E-state index in [9.17, 15) is 22.8 Å². The molecule has 0 spiro atoms. The number of halogens is 4. The zero-order chi connectivity index (χ0) is 21.0. The van der Waals surface area contributed by atoms with Gasteiger partial charge in [0.25, 0.3) is 5.91 Å². The van der Waals surface area contributed by atoms with E-state index in [-0.39, 0.29) is 41.9 Å². The van der Waals surface area contributed by atoms with Crippen molar-refractivity contribution in [1.29, 1.82) is 0 Å². The smallest absolute Gasteiger partial charge is 0.352 e. The van der Waals surface area contributed by atoms with E-state index in [4.69, 9.17) is 11.6 Å². The highest BCUT2D eigenvalue weighted by molar-refractivity contribution is 6.33. The summed E-state index contributed by atoms with van der Waals surface area (Å²) in [5.41, 5.74) is -0.426. The van der Waals surface area contributed by atoms with Crippen LogP contribution in [0.4, 0.5) is 13.2 Å². The van der Waals surface area contributed by atoms with Crippen molar-refractivity contribution in [3.05, 3.63) is 64.6 Å². The third kappa shape index (κ3) is 5.02. The Balaban J connectivity index is 1.57. The fourth-order valence-corrected chi connectivity index (χ4v) is 2.77. The second kappa shape index (κ2) is 8.48. The summed E-state index contributed by atoms with van der Waals surface area (Å²) in [7, 11) is 0. The molecule has 3 rings (SSSR count). The number of nitrogens with one attached hydrogen (secondary N) is 2. The molecule has 0 aliphatic carbocycles. The molecule has 2 heterocycles. The molecular weight excluding hydrogens is 411 g/mol. The Morgan fingerprint density at radius 2 is 1.83 bits per heavy atom. The van der Waals surface area contributed by atoms with Gasteiger partial charge in [-0.05, 0) is 18.2 Å². The van der Waals surface area contributed by atoms with Gasteiger partial charge in [0.05, 0.1) is 17.1 Å². The van der Waals surface area contributed by atoms with Crippen LogP contribution in [0.3, 0.4) is 0 Å². The molecule has 3 aromatic rings. The van der Waals surface area contributed by atoms with Crippen LogP contribution in [0.2, 0.25) is 5.02 Å². The molecule has 2 aromatic heterocycles. The summed E-state index contributed by atoms with van der Waals surface area (Å²) in [6, 6.07) is 9.28. The topological polar surface area (TPSA) is 88.4 Å². The summed E-state index contributed by atoms with van der Waals surface area (Å²) in [6.07, 6.45) is -3.77. The molecule has 0 saturated carbocycles. The minimum Gasteiger partial charge on any atom is -0.352 e. The van der Waals surface area contributed by atoms with Crippen LogP contribution >= 0.6 is 11.6 Å². The van der Waals surface area contributed by atoms with Gasteiger partial charge in [0, 0.05) is 24.7 Å². The summed E-state index contributed by atoms with van der Waals surface area (Å²) < 4.78 is 40.0. The van der Waals surface area contributed by atoms with Crippen molar-refractivity contribution < 1.29 is 22.8 Å². The van der Waals surface area contributed by atoms with E-state index in [1.165, 1.54) is 0 Å². The highest BCUT2D eigenvalue weighted by Crippen LogP contribution is 2.32. The lowest BCUT2D eigenvalue weighted by molar-refractivity contribution is -0.137. The number of pyridine rings is 1. The number of benzene rings is 1. The largest absolute Gasteiger partial charge is 0.417 e. The van der Waals surface area contributed by atoms with Gasteiger partial charge in [-0.3, -0.25) is 14.0 Å². The maximum absolute atomic E-state index is 13.0. The SMILES string of the molecule is O=C(CCNC(=O)c1ccccc1)NCc1nnc2c(Cl)cc(C(F)(F)F)cn12. The van der Waals surface area contributed by atoms with Crippen molar-refractivity contribution in [2.24, 2.45) is 0 Å². The molecule has 7 nitrogen and oxygen atoms in total. The number of amides is 2.